The van der Waals surface area contributed by atoms with Crippen LogP contribution in [-0.2, 0) is 0 Å². The van der Waals surface area contributed by atoms with E-state index in [-0.39, 0.29) is 0 Å². The summed E-state index contributed by atoms with van der Waals surface area (Å²) in [5.41, 5.74) is 12.5. The van der Waals surface area contributed by atoms with E-state index in [1.54, 1.807) is 0 Å². The Morgan fingerprint density at radius 1 is 0.393 bits per heavy atom. The number of furan rings is 2. The zero-order chi connectivity index (χ0) is 36.7. The van der Waals surface area contributed by atoms with E-state index < -0.39 is 0 Å². The van der Waals surface area contributed by atoms with Crippen molar-refractivity contribution >= 4 is 93.5 Å². The molecule has 0 radical (unpaired) electrons. The monoisotopic (exact) mass is 716 g/mol. The highest BCUT2D eigenvalue weighted by Crippen LogP contribution is 2.46. The first-order chi connectivity index (χ1) is 27.8. The topological polar surface area (TPSA) is 34.5 Å². The minimum Gasteiger partial charge on any atom is -0.456 e. The van der Waals surface area contributed by atoms with Crippen LogP contribution in [0.1, 0.15) is 0 Å². The molecule has 0 aliphatic rings. The van der Waals surface area contributed by atoms with Gasteiger partial charge in [-0.3, -0.25) is 0 Å². The molecule has 0 N–H and O–H groups in total. The summed E-state index contributed by atoms with van der Waals surface area (Å²) in [4.78, 5) is 2.36. The van der Waals surface area contributed by atoms with Gasteiger partial charge in [0.25, 0.3) is 0 Å². The molecule has 0 spiro atoms. The zero-order valence-corrected chi connectivity index (χ0v) is 30.2. The van der Waals surface area contributed by atoms with E-state index >= 15 is 0 Å². The number of fused-ring (bicyclic) bond motifs is 11. The van der Waals surface area contributed by atoms with Crippen molar-refractivity contribution in [1.82, 2.24) is 4.57 Å². The molecule has 9 aromatic carbocycles. The largest absolute Gasteiger partial charge is 0.456 e. The van der Waals surface area contributed by atoms with Crippen LogP contribution in [0.5, 0.6) is 0 Å². The molecule has 12 aromatic rings. The van der Waals surface area contributed by atoms with Gasteiger partial charge in [0.05, 0.1) is 27.8 Å². The molecule has 0 bridgehead atoms. The molecule has 0 atom stereocenters. The summed E-state index contributed by atoms with van der Waals surface area (Å²) in [5.74, 6) is 0. The third-order valence-electron chi connectivity index (χ3n) is 11.4. The fourth-order valence-electron chi connectivity index (χ4n) is 8.89. The van der Waals surface area contributed by atoms with E-state index in [4.69, 9.17) is 8.83 Å². The highest BCUT2D eigenvalue weighted by atomic mass is 16.3. The number of hydrogen-bond donors (Lipinski definition) is 0. The fraction of sp³-hybridized carbons (Fsp3) is 0. The molecule has 0 saturated heterocycles. The van der Waals surface area contributed by atoms with Crippen molar-refractivity contribution < 1.29 is 8.83 Å². The Kier molecular flexibility index (Phi) is 6.60. The lowest BCUT2D eigenvalue weighted by Gasteiger charge is -2.26. The summed E-state index contributed by atoms with van der Waals surface area (Å²) < 4.78 is 15.4. The lowest BCUT2D eigenvalue weighted by atomic mass is 10.0. The number of aromatic nitrogens is 1. The first-order valence-corrected chi connectivity index (χ1v) is 19.0. The first kappa shape index (κ1) is 30.9. The molecule has 262 valence electrons. The van der Waals surface area contributed by atoms with Crippen LogP contribution < -0.4 is 4.90 Å². The second-order valence-electron chi connectivity index (χ2n) is 14.5. The molecule has 0 fully saturated rings. The second kappa shape index (κ2) is 12.0. The molecule has 56 heavy (non-hydrogen) atoms. The predicted molar refractivity (Wildman–Crippen MR) is 233 cm³/mol. The van der Waals surface area contributed by atoms with Crippen LogP contribution in [0.3, 0.4) is 0 Å². The van der Waals surface area contributed by atoms with E-state index in [0.29, 0.717) is 0 Å². The van der Waals surface area contributed by atoms with Gasteiger partial charge >= 0.3 is 0 Å². The van der Waals surface area contributed by atoms with E-state index in [0.717, 1.165) is 83.0 Å². The Labute approximate surface area is 321 Å². The van der Waals surface area contributed by atoms with Gasteiger partial charge in [0.15, 0.2) is 0 Å². The van der Waals surface area contributed by atoms with Crippen LogP contribution in [-0.4, -0.2) is 4.57 Å². The van der Waals surface area contributed by atoms with Crippen molar-refractivity contribution in [2.24, 2.45) is 0 Å². The summed E-state index contributed by atoms with van der Waals surface area (Å²) in [5, 5.41) is 9.11. The molecule has 4 nitrogen and oxygen atoms in total. The standard InChI is InChI=1S/C52H32N2O2/c1-2-14-38-33(12-1)26-30-42-51-47(21-11-23-50(51)56-52(38)42)53(36-29-31-49-43(32-36)41-17-6-10-22-48(41)55-49)35-27-24-34(25-28-35)37-13-3-7-18-44(37)54-45-19-8-4-15-39(45)40-16-5-9-20-46(40)54/h1-32H. The van der Waals surface area contributed by atoms with Crippen LogP contribution in [0.15, 0.2) is 203 Å². The maximum absolute atomic E-state index is 6.69. The van der Waals surface area contributed by atoms with Gasteiger partial charge in [-0.2, -0.15) is 0 Å². The lowest BCUT2D eigenvalue weighted by Crippen LogP contribution is -2.10. The molecule has 0 unspecified atom stereocenters. The molecule has 0 amide bonds. The summed E-state index contributed by atoms with van der Waals surface area (Å²) in [6.07, 6.45) is 0. The summed E-state index contributed by atoms with van der Waals surface area (Å²) in [7, 11) is 0. The Bertz CT molecular complexity index is 3440. The Morgan fingerprint density at radius 2 is 1.04 bits per heavy atom. The van der Waals surface area contributed by atoms with Crippen molar-refractivity contribution in [1.29, 1.82) is 0 Å². The van der Waals surface area contributed by atoms with Crippen molar-refractivity contribution in [3.8, 4) is 16.8 Å². The molecule has 0 saturated carbocycles. The summed E-state index contributed by atoms with van der Waals surface area (Å²) in [6, 6.07) is 69.0. The van der Waals surface area contributed by atoms with Crippen LogP contribution in [0.4, 0.5) is 17.1 Å². The van der Waals surface area contributed by atoms with E-state index in [2.05, 4.69) is 191 Å². The molecule has 3 aromatic heterocycles. The smallest absolute Gasteiger partial charge is 0.143 e. The number of hydrogen-bond acceptors (Lipinski definition) is 3. The van der Waals surface area contributed by atoms with Gasteiger partial charge in [-0.1, -0.05) is 121 Å². The van der Waals surface area contributed by atoms with Crippen LogP contribution >= 0.6 is 0 Å². The third-order valence-corrected chi connectivity index (χ3v) is 11.4. The molecular weight excluding hydrogens is 685 g/mol. The van der Waals surface area contributed by atoms with Gasteiger partial charge in [-0.05, 0) is 83.7 Å². The van der Waals surface area contributed by atoms with Crippen LogP contribution in [0, 0.1) is 0 Å². The second-order valence-corrected chi connectivity index (χ2v) is 14.5. The molecule has 12 rings (SSSR count). The number of para-hydroxylation sites is 4. The van der Waals surface area contributed by atoms with Gasteiger partial charge in [0.1, 0.15) is 22.3 Å². The lowest BCUT2D eigenvalue weighted by molar-refractivity contribution is 0.669. The quantitative estimate of drug-likeness (QED) is 0.178. The van der Waals surface area contributed by atoms with Gasteiger partial charge in [-0.25, -0.2) is 0 Å². The van der Waals surface area contributed by atoms with Crippen LogP contribution in [0.25, 0.3) is 93.3 Å². The minimum atomic E-state index is 0.852. The molecule has 0 aliphatic carbocycles. The maximum atomic E-state index is 6.69. The van der Waals surface area contributed by atoms with E-state index in [1.165, 1.54) is 27.4 Å². The Morgan fingerprint density at radius 3 is 1.86 bits per heavy atom. The van der Waals surface area contributed by atoms with Crippen molar-refractivity contribution in [3.05, 3.63) is 194 Å². The number of rotatable bonds is 5. The van der Waals surface area contributed by atoms with Crippen molar-refractivity contribution in [2.45, 2.75) is 0 Å². The van der Waals surface area contributed by atoms with E-state index in [9.17, 15) is 0 Å². The van der Waals surface area contributed by atoms with Gasteiger partial charge in [-0.15, -0.1) is 0 Å². The van der Waals surface area contributed by atoms with Gasteiger partial charge in [0.2, 0.25) is 0 Å². The fourth-order valence-corrected chi connectivity index (χ4v) is 8.89. The van der Waals surface area contributed by atoms with Crippen molar-refractivity contribution in [3.63, 3.8) is 0 Å². The summed E-state index contributed by atoms with van der Waals surface area (Å²) in [6.45, 7) is 0. The van der Waals surface area contributed by atoms with Crippen molar-refractivity contribution in [2.75, 3.05) is 4.90 Å². The predicted octanol–water partition coefficient (Wildman–Crippen LogP) is 14.9. The average Bonchev–Trinajstić information content (AvgIpc) is 3.94. The first-order valence-electron chi connectivity index (χ1n) is 19.0. The molecule has 3 heterocycles. The molecule has 4 heteroatoms. The van der Waals surface area contributed by atoms with Gasteiger partial charge in [0, 0.05) is 49.3 Å². The SMILES string of the molecule is c1ccc(-n2c3ccccc3c3ccccc32)c(-c2ccc(N(c3ccc4oc5ccccc5c4c3)c3cccc4oc5c6ccccc6ccc5c34)cc2)c1. The number of benzene rings is 9. The Balaban J connectivity index is 1.07. The Hall–Kier alpha value is -7.56. The van der Waals surface area contributed by atoms with Crippen LogP contribution in [0.2, 0.25) is 0 Å². The average molecular weight is 717 g/mol. The number of anilines is 3. The number of nitrogens with zero attached hydrogens (tertiary/aromatic N) is 2. The third kappa shape index (κ3) is 4.53. The highest BCUT2D eigenvalue weighted by molar-refractivity contribution is 6.20. The molecule has 0 aliphatic heterocycles. The van der Waals surface area contributed by atoms with Gasteiger partial charge < -0.3 is 18.3 Å². The van der Waals surface area contributed by atoms with E-state index in [1.807, 2.05) is 12.1 Å². The highest BCUT2D eigenvalue weighted by Gasteiger charge is 2.22. The normalized spacial score (nSPS) is 11.9. The summed E-state index contributed by atoms with van der Waals surface area (Å²) >= 11 is 0. The minimum absolute atomic E-state index is 0.852. The zero-order valence-electron chi connectivity index (χ0n) is 30.2. The molecular formula is C52H32N2O2. The maximum Gasteiger partial charge on any atom is 0.143 e.